The number of rotatable bonds is 7. The Labute approximate surface area is 113 Å². The first-order valence-corrected chi connectivity index (χ1v) is 6.69. The lowest BCUT2D eigenvalue weighted by Crippen LogP contribution is -2.37. The fourth-order valence-corrected chi connectivity index (χ4v) is 2.50. The summed E-state index contributed by atoms with van der Waals surface area (Å²) in [5, 5.41) is 14.0. The largest absolute Gasteiger partial charge is 0.378 e. The van der Waals surface area contributed by atoms with Crippen molar-refractivity contribution in [3.63, 3.8) is 0 Å². The molecule has 1 N–H and O–H groups in total. The Hall–Kier alpha value is -1.46. The molecule has 0 amide bonds. The Balaban J connectivity index is 1.73. The fraction of sp³-hybridized carbons (Fsp3) is 0.571. The molecule has 5 heteroatoms. The Kier molecular flexibility index (Phi) is 4.87. The summed E-state index contributed by atoms with van der Waals surface area (Å²) in [4.78, 5) is 10.5. The molecule has 1 aliphatic rings. The predicted molar refractivity (Wildman–Crippen MR) is 73.2 cm³/mol. The second kappa shape index (κ2) is 6.63. The Morgan fingerprint density at radius 1 is 1.42 bits per heavy atom. The molecule has 0 saturated heterocycles. The maximum Gasteiger partial charge on any atom is 0.272 e. The van der Waals surface area contributed by atoms with Crippen molar-refractivity contribution in [1.82, 2.24) is 5.32 Å². The van der Waals surface area contributed by atoms with E-state index in [0.717, 1.165) is 30.9 Å². The van der Waals surface area contributed by atoms with Crippen LogP contribution < -0.4 is 5.32 Å². The van der Waals surface area contributed by atoms with Crippen LogP contribution in [-0.2, 0) is 11.2 Å². The first kappa shape index (κ1) is 14.0. The van der Waals surface area contributed by atoms with E-state index in [4.69, 9.17) is 4.74 Å². The second-order valence-corrected chi connectivity index (χ2v) is 5.02. The van der Waals surface area contributed by atoms with Gasteiger partial charge in [-0.15, -0.1) is 0 Å². The van der Waals surface area contributed by atoms with E-state index < -0.39 is 0 Å². The monoisotopic (exact) mass is 264 g/mol. The van der Waals surface area contributed by atoms with Crippen LogP contribution in [0.15, 0.2) is 24.3 Å². The minimum Gasteiger partial charge on any atom is -0.378 e. The van der Waals surface area contributed by atoms with Crippen LogP contribution in [0.5, 0.6) is 0 Å². The molecule has 0 aliphatic heterocycles. The number of para-hydroxylation sites is 1. The van der Waals surface area contributed by atoms with E-state index in [1.54, 1.807) is 18.2 Å². The zero-order valence-corrected chi connectivity index (χ0v) is 11.2. The van der Waals surface area contributed by atoms with E-state index in [2.05, 4.69) is 5.32 Å². The summed E-state index contributed by atoms with van der Waals surface area (Å²) in [5.41, 5.74) is 0.936. The number of ether oxygens (including phenoxy) is 1. The van der Waals surface area contributed by atoms with Gasteiger partial charge in [-0.2, -0.15) is 0 Å². The van der Waals surface area contributed by atoms with Gasteiger partial charge >= 0.3 is 0 Å². The molecule has 2 rings (SSSR count). The molecule has 0 atom stereocenters. The summed E-state index contributed by atoms with van der Waals surface area (Å²) in [6.07, 6.45) is 3.13. The zero-order valence-electron chi connectivity index (χ0n) is 11.2. The van der Waals surface area contributed by atoms with Crippen LogP contribution in [0.3, 0.4) is 0 Å². The Morgan fingerprint density at radius 2 is 2.16 bits per heavy atom. The van der Waals surface area contributed by atoms with Crippen molar-refractivity contribution in [2.45, 2.75) is 25.4 Å². The fourth-order valence-electron chi connectivity index (χ4n) is 2.50. The third kappa shape index (κ3) is 3.75. The van der Waals surface area contributed by atoms with Gasteiger partial charge in [-0.1, -0.05) is 18.2 Å². The van der Waals surface area contributed by atoms with E-state index in [1.165, 1.54) is 0 Å². The number of nitro groups is 1. The number of nitrogens with zero attached hydrogens (tertiary/aromatic N) is 1. The van der Waals surface area contributed by atoms with Gasteiger partial charge in [0.25, 0.3) is 5.69 Å². The smallest absolute Gasteiger partial charge is 0.272 e. The van der Waals surface area contributed by atoms with Gasteiger partial charge in [0.05, 0.1) is 17.6 Å². The van der Waals surface area contributed by atoms with Gasteiger partial charge in [-0.05, 0) is 32.4 Å². The summed E-state index contributed by atoms with van der Waals surface area (Å²) >= 11 is 0. The van der Waals surface area contributed by atoms with Gasteiger partial charge in [0.15, 0.2) is 0 Å². The number of benzene rings is 1. The summed E-state index contributed by atoms with van der Waals surface area (Å²) in [5.74, 6) is 0.723. The Morgan fingerprint density at radius 3 is 2.84 bits per heavy atom. The highest BCUT2D eigenvalue weighted by Crippen LogP contribution is 2.29. The average Bonchev–Trinajstić information content (AvgIpc) is 2.36. The summed E-state index contributed by atoms with van der Waals surface area (Å²) in [7, 11) is 1.96. The predicted octanol–water partition coefficient (Wildman–Crippen LogP) is 2.15. The number of hydrogen-bond donors (Lipinski definition) is 1. The highest BCUT2D eigenvalue weighted by molar-refractivity contribution is 5.39. The van der Waals surface area contributed by atoms with E-state index >= 15 is 0 Å². The molecule has 1 saturated carbocycles. The maximum absolute atomic E-state index is 10.9. The van der Waals surface area contributed by atoms with Gasteiger partial charge in [0.2, 0.25) is 0 Å². The maximum atomic E-state index is 10.9. The molecule has 104 valence electrons. The van der Waals surface area contributed by atoms with Crippen molar-refractivity contribution in [2.24, 2.45) is 5.92 Å². The summed E-state index contributed by atoms with van der Waals surface area (Å²) < 4.78 is 5.74. The van der Waals surface area contributed by atoms with E-state index in [1.807, 2.05) is 13.1 Å². The van der Waals surface area contributed by atoms with Gasteiger partial charge in [0.1, 0.15) is 0 Å². The molecular formula is C14H20N2O3. The third-order valence-electron chi connectivity index (χ3n) is 3.60. The first-order chi connectivity index (χ1) is 9.20. The zero-order chi connectivity index (χ0) is 13.7. The number of nitro benzene ring substituents is 1. The highest BCUT2D eigenvalue weighted by Gasteiger charge is 2.29. The van der Waals surface area contributed by atoms with Crippen LogP contribution in [0.2, 0.25) is 0 Å². The van der Waals surface area contributed by atoms with Crippen LogP contribution in [0.1, 0.15) is 18.4 Å². The lowest BCUT2D eigenvalue weighted by atomic mass is 9.82. The van der Waals surface area contributed by atoms with Crippen molar-refractivity contribution in [3.05, 3.63) is 39.9 Å². The van der Waals surface area contributed by atoms with Crippen molar-refractivity contribution in [3.8, 4) is 0 Å². The molecule has 0 heterocycles. The second-order valence-electron chi connectivity index (χ2n) is 5.02. The van der Waals surface area contributed by atoms with Crippen LogP contribution in [0, 0.1) is 16.0 Å². The molecule has 0 spiro atoms. The van der Waals surface area contributed by atoms with Crippen LogP contribution in [0.4, 0.5) is 5.69 Å². The molecule has 0 radical (unpaired) electrons. The molecular weight excluding hydrogens is 244 g/mol. The van der Waals surface area contributed by atoms with Crippen molar-refractivity contribution in [2.75, 3.05) is 20.2 Å². The topological polar surface area (TPSA) is 64.4 Å². The summed E-state index contributed by atoms with van der Waals surface area (Å²) in [6.45, 7) is 1.60. The SMILES string of the molecule is CNCC1CC(OCCc2ccccc2[N+](=O)[O-])C1. The average molecular weight is 264 g/mol. The summed E-state index contributed by atoms with van der Waals surface area (Å²) in [6, 6.07) is 6.86. The highest BCUT2D eigenvalue weighted by atomic mass is 16.6. The van der Waals surface area contributed by atoms with E-state index in [0.29, 0.717) is 19.1 Å². The first-order valence-electron chi connectivity index (χ1n) is 6.69. The third-order valence-corrected chi connectivity index (χ3v) is 3.60. The van der Waals surface area contributed by atoms with Gasteiger partial charge < -0.3 is 10.1 Å². The van der Waals surface area contributed by atoms with Crippen molar-refractivity contribution < 1.29 is 9.66 Å². The number of hydrogen-bond acceptors (Lipinski definition) is 4. The van der Waals surface area contributed by atoms with Gasteiger partial charge in [0, 0.05) is 18.1 Å². The Bertz CT molecular complexity index is 430. The van der Waals surface area contributed by atoms with Crippen molar-refractivity contribution >= 4 is 5.69 Å². The molecule has 1 fully saturated rings. The minimum atomic E-state index is -0.332. The quantitative estimate of drug-likeness (QED) is 0.605. The molecule has 1 aliphatic carbocycles. The van der Waals surface area contributed by atoms with E-state index in [-0.39, 0.29) is 10.6 Å². The molecule has 1 aromatic rings. The molecule has 0 bridgehead atoms. The van der Waals surface area contributed by atoms with Gasteiger partial charge in [-0.3, -0.25) is 10.1 Å². The van der Waals surface area contributed by atoms with Crippen LogP contribution in [-0.4, -0.2) is 31.2 Å². The number of nitrogens with one attached hydrogen (secondary N) is 1. The standard InChI is InChI=1S/C14H20N2O3/c1-15-10-11-8-13(9-11)19-7-6-12-4-2-3-5-14(12)16(17)18/h2-5,11,13,15H,6-10H2,1H3. The van der Waals surface area contributed by atoms with Crippen LogP contribution >= 0.6 is 0 Å². The van der Waals surface area contributed by atoms with Crippen molar-refractivity contribution in [1.29, 1.82) is 0 Å². The lowest BCUT2D eigenvalue weighted by Gasteiger charge is -2.35. The van der Waals surface area contributed by atoms with E-state index in [9.17, 15) is 10.1 Å². The van der Waals surface area contributed by atoms with Gasteiger partial charge in [-0.25, -0.2) is 0 Å². The normalized spacial score (nSPS) is 21.9. The molecule has 1 aromatic carbocycles. The molecule has 19 heavy (non-hydrogen) atoms. The lowest BCUT2D eigenvalue weighted by molar-refractivity contribution is -0.385. The molecule has 5 nitrogen and oxygen atoms in total. The van der Waals surface area contributed by atoms with Crippen LogP contribution in [0.25, 0.3) is 0 Å². The molecule has 0 unspecified atom stereocenters. The molecule has 0 aromatic heterocycles. The minimum absolute atomic E-state index is 0.188.